The van der Waals surface area contributed by atoms with Crippen LogP contribution in [-0.2, 0) is 32.6 Å². The lowest BCUT2D eigenvalue weighted by Crippen LogP contribution is -2.54. The van der Waals surface area contributed by atoms with Gasteiger partial charge in [-0.25, -0.2) is 8.42 Å². The van der Waals surface area contributed by atoms with Gasteiger partial charge in [-0.15, -0.1) is 0 Å². The minimum Gasteiger partial charge on any atom is -0.497 e. The maximum Gasteiger partial charge on any atom is 0.244 e. The van der Waals surface area contributed by atoms with Crippen molar-refractivity contribution in [1.82, 2.24) is 10.2 Å². The van der Waals surface area contributed by atoms with E-state index in [1.807, 2.05) is 74.5 Å². The molecule has 9 heteroatoms. The molecule has 42 heavy (non-hydrogen) atoms. The number of benzene rings is 3. The highest BCUT2D eigenvalue weighted by Crippen LogP contribution is 2.26. The van der Waals surface area contributed by atoms with Crippen LogP contribution in [0, 0.1) is 13.8 Å². The first kappa shape index (κ1) is 31.1. The summed E-state index contributed by atoms with van der Waals surface area (Å²) in [6, 6.07) is 21.5. The maximum absolute atomic E-state index is 14.3. The Kier molecular flexibility index (Phi) is 10.3. The van der Waals surface area contributed by atoms with Gasteiger partial charge < -0.3 is 15.0 Å². The van der Waals surface area contributed by atoms with Crippen molar-refractivity contribution < 1.29 is 22.7 Å². The minimum atomic E-state index is -3.83. The molecule has 1 aliphatic rings. The highest BCUT2D eigenvalue weighted by atomic mass is 32.2. The van der Waals surface area contributed by atoms with Crippen LogP contribution in [0.1, 0.15) is 47.9 Å². The molecular weight excluding hydrogens is 550 g/mol. The first-order valence-corrected chi connectivity index (χ1v) is 16.2. The molecule has 1 atom stereocenters. The average Bonchev–Trinajstić information content (AvgIpc) is 3.48. The van der Waals surface area contributed by atoms with E-state index in [9.17, 15) is 18.0 Å². The molecule has 0 heterocycles. The van der Waals surface area contributed by atoms with Gasteiger partial charge >= 0.3 is 0 Å². The molecule has 1 saturated carbocycles. The van der Waals surface area contributed by atoms with Crippen LogP contribution in [0.15, 0.2) is 72.8 Å². The van der Waals surface area contributed by atoms with Gasteiger partial charge in [0.15, 0.2) is 0 Å². The van der Waals surface area contributed by atoms with Crippen molar-refractivity contribution in [3.63, 3.8) is 0 Å². The lowest BCUT2D eigenvalue weighted by Gasteiger charge is -2.34. The molecule has 3 aromatic rings. The fourth-order valence-corrected chi connectivity index (χ4v) is 6.39. The van der Waals surface area contributed by atoms with Gasteiger partial charge in [0.2, 0.25) is 21.8 Å². The number of carbonyl (C=O) groups excluding carboxylic acids is 2. The van der Waals surface area contributed by atoms with Crippen LogP contribution < -0.4 is 14.4 Å². The van der Waals surface area contributed by atoms with Crippen molar-refractivity contribution in [2.75, 3.05) is 24.2 Å². The number of nitrogens with zero attached hydrogens (tertiary/aromatic N) is 2. The fourth-order valence-electron chi connectivity index (χ4n) is 5.49. The molecule has 4 rings (SSSR count). The normalized spacial score (nSPS) is 14.3. The van der Waals surface area contributed by atoms with Crippen molar-refractivity contribution in [3.05, 3.63) is 95.1 Å². The molecule has 8 nitrogen and oxygen atoms in total. The number of anilines is 1. The number of methoxy groups -OCH3 is 1. The summed E-state index contributed by atoms with van der Waals surface area (Å²) in [5.74, 6) is -0.0747. The highest BCUT2D eigenvalue weighted by Gasteiger charge is 2.34. The van der Waals surface area contributed by atoms with Crippen LogP contribution in [0.5, 0.6) is 5.75 Å². The number of sulfonamides is 1. The quantitative estimate of drug-likeness (QED) is 0.327. The molecule has 0 radical (unpaired) electrons. The Morgan fingerprint density at radius 3 is 2.29 bits per heavy atom. The molecule has 0 saturated heterocycles. The molecule has 0 aromatic heterocycles. The summed E-state index contributed by atoms with van der Waals surface area (Å²) < 4.78 is 32.7. The molecule has 2 amide bonds. The van der Waals surface area contributed by atoms with Gasteiger partial charge in [0, 0.05) is 19.0 Å². The number of carbonyl (C=O) groups is 2. The van der Waals surface area contributed by atoms with Crippen LogP contribution in [0.3, 0.4) is 0 Å². The maximum atomic E-state index is 14.3. The smallest absolute Gasteiger partial charge is 0.244 e. The molecule has 1 N–H and O–H groups in total. The van der Waals surface area contributed by atoms with E-state index < -0.39 is 28.5 Å². The van der Waals surface area contributed by atoms with Gasteiger partial charge in [0.1, 0.15) is 18.3 Å². The van der Waals surface area contributed by atoms with Crippen LogP contribution >= 0.6 is 0 Å². The van der Waals surface area contributed by atoms with Gasteiger partial charge in [-0.05, 0) is 67.1 Å². The summed E-state index contributed by atoms with van der Waals surface area (Å²) >= 11 is 0. The van der Waals surface area contributed by atoms with E-state index in [2.05, 4.69) is 5.32 Å². The van der Waals surface area contributed by atoms with Crippen molar-refractivity contribution in [3.8, 4) is 5.75 Å². The number of aryl methyl sites for hydroxylation is 1. The van der Waals surface area contributed by atoms with Crippen molar-refractivity contribution in [2.24, 2.45) is 0 Å². The summed E-state index contributed by atoms with van der Waals surface area (Å²) in [4.78, 5) is 29.8. The number of amides is 2. The standard InChI is InChI=1S/C33H41N3O5S/c1-24-12-10-19-30(25(24)2)36(42(4,39)40)23-32(37)35(22-27-15-11-18-29(20-27)41-3)31(21-26-13-6-5-7-14-26)33(38)34-28-16-8-9-17-28/h5-7,10-15,18-20,28,31H,8-9,16-17,21-23H2,1-4H3,(H,34,38)/t31-/m1/s1. The van der Waals surface area contributed by atoms with E-state index in [4.69, 9.17) is 4.74 Å². The number of nitrogens with one attached hydrogen (secondary N) is 1. The van der Waals surface area contributed by atoms with Gasteiger partial charge in [-0.2, -0.15) is 0 Å². The van der Waals surface area contributed by atoms with Gasteiger partial charge in [-0.1, -0.05) is 67.4 Å². The zero-order valence-corrected chi connectivity index (χ0v) is 25.7. The lowest BCUT2D eigenvalue weighted by atomic mass is 10.0. The Bertz CT molecular complexity index is 1490. The SMILES string of the molecule is COc1cccc(CN(C(=O)CN(c2cccc(C)c2C)S(C)(=O)=O)[C@H](Cc2ccccc2)C(=O)NC2CCCC2)c1. The summed E-state index contributed by atoms with van der Waals surface area (Å²) in [6.45, 7) is 3.42. The van der Waals surface area contributed by atoms with Crippen molar-refractivity contribution in [2.45, 2.75) is 64.6 Å². The topological polar surface area (TPSA) is 96.0 Å². The second kappa shape index (κ2) is 13.9. The predicted molar refractivity (Wildman–Crippen MR) is 166 cm³/mol. The second-order valence-electron chi connectivity index (χ2n) is 11.1. The van der Waals surface area contributed by atoms with E-state index >= 15 is 0 Å². The third kappa shape index (κ3) is 7.91. The zero-order chi connectivity index (χ0) is 30.3. The Morgan fingerprint density at radius 1 is 0.952 bits per heavy atom. The first-order chi connectivity index (χ1) is 20.1. The van der Waals surface area contributed by atoms with Gasteiger partial charge in [0.05, 0.1) is 19.1 Å². The number of ether oxygens (including phenoxy) is 1. The Balaban J connectivity index is 1.75. The summed E-state index contributed by atoms with van der Waals surface area (Å²) in [5.41, 5.74) is 3.81. The first-order valence-electron chi connectivity index (χ1n) is 14.4. The predicted octanol–water partition coefficient (Wildman–Crippen LogP) is 4.78. The van der Waals surface area contributed by atoms with E-state index in [1.165, 1.54) is 4.90 Å². The van der Waals surface area contributed by atoms with E-state index in [0.717, 1.165) is 58.5 Å². The molecule has 0 bridgehead atoms. The minimum absolute atomic E-state index is 0.0620. The monoisotopic (exact) mass is 591 g/mol. The third-order valence-electron chi connectivity index (χ3n) is 7.98. The molecule has 0 aliphatic heterocycles. The van der Waals surface area contributed by atoms with Crippen molar-refractivity contribution >= 4 is 27.5 Å². The zero-order valence-electron chi connectivity index (χ0n) is 24.9. The van der Waals surface area contributed by atoms with Crippen molar-refractivity contribution in [1.29, 1.82) is 0 Å². The van der Waals surface area contributed by atoms with Crippen LogP contribution in [0.25, 0.3) is 0 Å². The Hall–Kier alpha value is -3.85. The Labute approximate surface area is 249 Å². The molecule has 0 spiro atoms. The number of rotatable bonds is 12. The number of hydrogen-bond donors (Lipinski definition) is 1. The molecule has 224 valence electrons. The molecule has 1 fully saturated rings. The highest BCUT2D eigenvalue weighted by molar-refractivity contribution is 7.92. The fraction of sp³-hybridized carbons (Fsp3) is 0.394. The van der Waals surface area contributed by atoms with Crippen LogP contribution in [0.4, 0.5) is 5.69 Å². The largest absolute Gasteiger partial charge is 0.497 e. The lowest BCUT2D eigenvalue weighted by molar-refractivity contribution is -0.140. The van der Waals surface area contributed by atoms with E-state index in [0.29, 0.717) is 11.4 Å². The molecule has 1 aliphatic carbocycles. The third-order valence-corrected chi connectivity index (χ3v) is 9.11. The summed E-state index contributed by atoms with van der Waals surface area (Å²) in [5, 5.41) is 3.19. The van der Waals surface area contributed by atoms with Crippen LogP contribution in [0.2, 0.25) is 0 Å². The second-order valence-corrected chi connectivity index (χ2v) is 13.0. The Morgan fingerprint density at radius 2 is 1.62 bits per heavy atom. The molecular formula is C33H41N3O5S. The molecule has 3 aromatic carbocycles. The molecule has 0 unspecified atom stereocenters. The average molecular weight is 592 g/mol. The van der Waals surface area contributed by atoms with E-state index in [1.54, 1.807) is 19.2 Å². The van der Waals surface area contributed by atoms with Crippen LogP contribution in [-0.4, -0.2) is 57.1 Å². The number of hydrogen-bond acceptors (Lipinski definition) is 5. The summed E-state index contributed by atoms with van der Waals surface area (Å²) in [7, 11) is -2.25. The van der Waals surface area contributed by atoms with Gasteiger partial charge in [0.25, 0.3) is 0 Å². The van der Waals surface area contributed by atoms with Gasteiger partial charge in [-0.3, -0.25) is 13.9 Å². The summed E-state index contributed by atoms with van der Waals surface area (Å²) in [6.07, 6.45) is 5.31. The van der Waals surface area contributed by atoms with E-state index in [-0.39, 0.29) is 24.9 Å².